The van der Waals surface area contributed by atoms with Crippen molar-refractivity contribution in [2.24, 2.45) is 0 Å². The zero-order valence-electron chi connectivity index (χ0n) is 7.46. The summed E-state index contributed by atoms with van der Waals surface area (Å²) < 4.78 is 0. The molecule has 0 rings (SSSR count). The molecule has 12 heavy (non-hydrogen) atoms. The SMILES string of the molecule is C=C(CNCC(C)SC)C(=O)O. The van der Waals surface area contributed by atoms with Crippen molar-refractivity contribution >= 4 is 17.7 Å². The second kappa shape index (κ2) is 6.08. The smallest absolute Gasteiger partial charge is 0.332 e. The Bertz CT molecular complexity index is 170. The van der Waals surface area contributed by atoms with Gasteiger partial charge in [0.15, 0.2) is 0 Å². The van der Waals surface area contributed by atoms with Gasteiger partial charge in [-0.3, -0.25) is 0 Å². The fourth-order valence-electron chi connectivity index (χ4n) is 0.585. The number of carbonyl (C=O) groups is 1. The summed E-state index contributed by atoms with van der Waals surface area (Å²) in [4.78, 5) is 10.3. The lowest BCUT2D eigenvalue weighted by Gasteiger charge is -2.08. The highest BCUT2D eigenvalue weighted by molar-refractivity contribution is 7.99. The van der Waals surface area contributed by atoms with Crippen LogP contribution < -0.4 is 5.32 Å². The van der Waals surface area contributed by atoms with E-state index in [-0.39, 0.29) is 5.57 Å². The van der Waals surface area contributed by atoms with Gasteiger partial charge >= 0.3 is 5.97 Å². The number of nitrogens with one attached hydrogen (secondary N) is 1. The number of hydrogen-bond acceptors (Lipinski definition) is 3. The van der Waals surface area contributed by atoms with Crippen molar-refractivity contribution in [1.29, 1.82) is 0 Å². The lowest BCUT2D eigenvalue weighted by molar-refractivity contribution is -0.132. The molecule has 0 aliphatic rings. The maximum atomic E-state index is 10.3. The van der Waals surface area contributed by atoms with Crippen molar-refractivity contribution in [2.45, 2.75) is 12.2 Å². The molecule has 70 valence electrons. The molecule has 4 heteroatoms. The predicted molar refractivity (Wildman–Crippen MR) is 52.6 cm³/mol. The van der Waals surface area contributed by atoms with Crippen LogP contribution in [0.25, 0.3) is 0 Å². The van der Waals surface area contributed by atoms with Gasteiger partial charge in [0.25, 0.3) is 0 Å². The third-order valence-corrected chi connectivity index (χ3v) is 2.45. The molecule has 0 aromatic carbocycles. The molecule has 3 nitrogen and oxygen atoms in total. The third-order valence-electron chi connectivity index (χ3n) is 1.48. The first-order valence-electron chi connectivity index (χ1n) is 3.72. The maximum absolute atomic E-state index is 10.3. The van der Waals surface area contributed by atoms with E-state index in [1.54, 1.807) is 11.8 Å². The minimum Gasteiger partial charge on any atom is -0.478 e. The highest BCUT2D eigenvalue weighted by atomic mass is 32.2. The summed E-state index contributed by atoms with van der Waals surface area (Å²) in [7, 11) is 0. The molecule has 0 amide bonds. The standard InChI is InChI=1S/C8H15NO2S/c1-6(8(10)11)4-9-5-7(2)12-3/h7,9H,1,4-5H2,2-3H3,(H,10,11). The average molecular weight is 189 g/mol. The fourth-order valence-corrected chi connectivity index (χ4v) is 0.870. The third kappa shape index (κ3) is 5.21. The summed E-state index contributed by atoms with van der Waals surface area (Å²) in [6, 6.07) is 0. The molecule has 0 fully saturated rings. The zero-order chi connectivity index (χ0) is 9.56. The van der Waals surface area contributed by atoms with Crippen LogP contribution in [0.1, 0.15) is 6.92 Å². The van der Waals surface area contributed by atoms with Gasteiger partial charge in [0.2, 0.25) is 0 Å². The van der Waals surface area contributed by atoms with Crippen LogP contribution >= 0.6 is 11.8 Å². The Hall–Kier alpha value is -0.480. The largest absolute Gasteiger partial charge is 0.478 e. The first kappa shape index (κ1) is 11.5. The van der Waals surface area contributed by atoms with Crippen molar-refractivity contribution in [2.75, 3.05) is 19.3 Å². The minimum absolute atomic E-state index is 0.211. The summed E-state index contributed by atoms with van der Waals surface area (Å²) in [5.74, 6) is -0.931. The lowest BCUT2D eigenvalue weighted by Crippen LogP contribution is -2.26. The van der Waals surface area contributed by atoms with E-state index in [1.807, 2.05) is 6.26 Å². The number of carboxylic acids is 1. The first-order chi connectivity index (χ1) is 5.57. The van der Waals surface area contributed by atoms with E-state index < -0.39 is 5.97 Å². The predicted octanol–water partition coefficient (Wildman–Crippen LogP) is 0.968. The van der Waals surface area contributed by atoms with Crippen LogP contribution in [-0.4, -0.2) is 35.7 Å². The van der Waals surface area contributed by atoms with Crippen LogP contribution in [0.2, 0.25) is 0 Å². The highest BCUT2D eigenvalue weighted by Crippen LogP contribution is 2.02. The Labute approximate surface area is 77.2 Å². The monoisotopic (exact) mass is 189 g/mol. The van der Waals surface area contributed by atoms with E-state index in [2.05, 4.69) is 18.8 Å². The molecule has 0 aromatic rings. The Morgan fingerprint density at radius 3 is 2.75 bits per heavy atom. The molecule has 0 spiro atoms. The van der Waals surface area contributed by atoms with Crippen LogP contribution in [0.4, 0.5) is 0 Å². The molecule has 0 saturated carbocycles. The van der Waals surface area contributed by atoms with Crippen LogP contribution in [0, 0.1) is 0 Å². The molecule has 0 radical (unpaired) electrons. The van der Waals surface area contributed by atoms with Gasteiger partial charge < -0.3 is 10.4 Å². The van der Waals surface area contributed by atoms with Crippen LogP contribution in [0.3, 0.4) is 0 Å². The van der Waals surface area contributed by atoms with Crippen molar-refractivity contribution in [3.63, 3.8) is 0 Å². The molecule has 1 unspecified atom stereocenters. The summed E-state index contributed by atoms with van der Waals surface area (Å²) in [5.41, 5.74) is 0.211. The number of carboxylic acid groups (broad SMARTS) is 1. The molecule has 0 heterocycles. The van der Waals surface area contributed by atoms with Gasteiger partial charge in [-0.25, -0.2) is 4.79 Å². The maximum Gasteiger partial charge on any atom is 0.332 e. The number of hydrogen-bond donors (Lipinski definition) is 2. The summed E-state index contributed by atoms with van der Waals surface area (Å²) in [5, 5.41) is 12.0. The quantitative estimate of drug-likeness (QED) is 0.611. The van der Waals surface area contributed by atoms with Gasteiger partial charge in [-0.05, 0) is 6.26 Å². The van der Waals surface area contributed by atoms with Gasteiger partial charge in [-0.15, -0.1) is 0 Å². The van der Waals surface area contributed by atoms with Crippen LogP contribution in [0.15, 0.2) is 12.2 Å². The van der Waals surface area contributed by atoms with Crippen LogP contribution in [-0.2, 0) is 4.79 Å². The van der Waals surface area contributed by atoms with Crippen molar-refractivity contribution < 1.29 is 9.90 Å². The Kier molecular flexibility index (Phi) is 5.84. The van der Waals surface area contributed by atoms with Gasteiger partial charge in [-0.2, -0.15) is 11.8 Å². The van der Waals surface area contributed by atoms with E-state index in [1.165, 1.54) is 0 Å². The normalized spacial score (nSPS) is 12.5. The molecular weight excluding hydrogens is 174 g/mol. The Morgan fingerprint density at radius 1 is 1.75 bits per heavy atom. The van der Waals surface area contributed by atoms with E-state index in [9.17, 15) is 4.79 Å². The molecule has 0 aromatic heterocycles. The summed E-state index contributed by atoms with van der Waals surface area (Å²) >= 11 is 1.75. The van der Waals surface area contributed by atoms with Gasteiger partial charge in [-0.1, -0.05) is 13.5 Å². The molecular formula is C8H15NO2S. The van der Waals surface area contributed by atoms with E-state index in [0.717, 1.165) is 6.54 Å². The molecule has 2 N–H and O–H groups in total. The molecule has 0 aliphatic carbocycles. The number of thioether (sulfide) groups is 1. The second-order valence-corrected chi connectivity index (χ2v) is 3.86. The van der Waals surface area contributed by atoms with E-state index in [0.29, 0.717) is 11.8 Å². The van der Waals surface area contributed by atoms with Gasteiger partial charge in [0, 0.05) is 23.9 Å². The zero-order valence-corrected chi connectivity index (χ0v) is 8.28. The van der Waals surface area contributed by atoms with Gasteiger partial charge in [0.05, 0.1) is 0 Å². The molecule has 0 saturated heterocycles. The minimum atomic E-state index is -0.931. The van der Waals surface area contributed by atoms with E-state index in [4.69, 9.17) is 5.11 Å². The fraction of sp³-hybridized carbons (Fsp3) is 0.625. The Morgan fingerprint density at radius 2 is 2.33 bits per heavy atom. The Balaban J connectivity index is 3.44. The van der Waals surface area contributed by atoms with Gasteiger partial charge in [0.1, 0.15) is 0 Å². The summed E-state index contributed by atoms with van der Waals surface area (Å²) in [6.07, 6.45) is 2.03. The second-order valence-electron chi connectivity index (χ2n) is 2.59. The van der Waals surface area contributed by atoms with Crippen LogP contribution in [0.5, 0.6) is 0 Å². The highest BCUT2D eigenvalue weighted by Gasteiger charge is 2.03. The molecule has 0 aliphatic heterocycles. The first-order valence-corrected chi connectivity index (χ1v) is 5.01. The lowest BCUT2D eigenvalue weighted by atomic mass is 10.3. The van der Waals surface area contributed by atoms with Crippen molar-refractivity contribution in [3.8, 4) is 0 Å². The molecule has 0 bridgehead atoms. The average Bonchev–Trinajstić information content (AvgIpc) is 2.03. The van der Waals surface area contributed by atoms with Crippen molar-refractivity contribution in [1.82, 2.24) is 5.32 Å². The van der Waals surface area contributed by atoms with E-state index >= 15 is 0 Å². The molecule has 1 atom stereocenters. The van der Waals surface area contributed by atoms with Crippen molar-refractivity contribution in [3.05, 3.63) is 12.2 Å². The summed E-state index contributed by atoms with van der Waals surface area (Å²) in [6.45, 7) is 6.67. The number of aliphatic carboxylic acids is 1. The topological polar surface area (TPSA) is 49.3 Å². The number of rotatable bonds is 6.